The standard InChI is InChI=1S/C16H27NO/c1-5-14(6-2)11-17-12-15-9-7-8-10-16(15)18-13(3)4/h7-10,13-14,17H,5-6,11-12H2,1-4H3. The van der Waals surface area contributed by atoms with Crippen LogP contribution in [0.1, 0.15) is 46.1 Å². The summed E-state index contributed by atoms with van der Waals surface area (Å²) < 4.78 is 5.82. The fourth-order valence-corrected chi connectivity index (χ4v) is 2.01. The monoisotopic (exact) mass is 249 g/mol. The van der Waals surface area contributed by atoms with Gasteiger partial charge in [-0.3, -0.25) is 0 Å². The van der Waals surface area contributed by atoms with E-state index in [4.69, 9.17) is 4.74 Å². The number of hydrogen-bond acceptors (Lipinski definition) is 2. The maximum Gasteiger partial charge on any atom is 0.124 e. The maximum atomic E-state index is 5.82. The van der Waals surface area contributed by atoms with Crippen LogP contribution in [0.5, 0.6) is 5.75 Å². The molecule has 1 rings (SSSR count). The third kappa shape index (κ3) is 5.09. The van der Waals surface area contributed by atoms with E-state index < -0.39 is 0 Å². The summed E-state index contributed by atoms with van der Waals surface area (Å²) in [5.74, 6) is 1.78. The summed E-state index contributed by atoms with van der Waals surface area (Å²) in [5, 5.41) is 3.54. The number of nitrogens with one attached hydrogen (secondary N) is 1. The molecule has 0 bridgehead atoms. The normalized spacial score (nSPS) is 11.2. The molecule has 0 spiro atoms. The minimum Gasteiger partial charge on any atom is -0.491 e. The Morgan fingerprint density at radius 3 is 2.39 bits per heavy atom. The molecule has 2 nitrogen and oxygen atoms in total. The summed E-state index contributed by atoms with van der Waals surface area (Å²) in [4.78, 5) is 0. The fourth-order valence-electron chi connectivity index (χ4n) is 2.01. The summed E-state index contributed by atoms with van der Waals surface area (Å²) in [6, 6.07) is 8.29. The van der Waals surface area contributed by atoms with Crippen molar-refractivity contribution >= 4 is 0 Å². The highest BCUT2D eigenvalue weighted by Gasteiger charge is 2.06. The Labute approximate surface area is 112 Å². The van der Waals surface area contributed by atoms with E-state index in [2.05, 4.69) is 45.1 Å². The SMILES string of the molecule is CCC(CC)CNCc1ccccc1OC(C)C. The molecule has 18 heavy (non-hydrogen) atoms. The molecule has 0 radical (unpaired) electrons. The van der Waals surface area contributed by atoms with Crippen LogP contribution in [-0.2, 0) is 6.54 Å². The van der Waals surface area contributed by atoms with Crippen molar-refractivity contribution in [1.29, 1.82) is 0 Å². The molecule has 2 heteroatoms. The second-order valence-corrected chi connectivity index (χ2v) is 5.09. The van der Waals surface area contributed by atoms with Crippen molar-refractivity contribution in [3.8, 4) is 5.75 Å². The van der Waals surface area contributed by atoms with Crippen LogP contribution in [-0.4, -0.2) is 12.6 Å². The van der Waals surface area contributed by atoms with Crippen molar-refractivity contribution in [3.05, 3.63) is 29.8 Å². The third-order valence-electron chi connectivity index (χ3n) is 3.24. The average molecular weight is 249 g/mol. The molecule has 0 aliphatic heterocycles. The lowest BCUT2D eigenvalue weighted by molar-refractivity contribution is 0.239. The van der Waals surface area contributed by atoms with Crippen LogP contribution in [0.3, 0.4) is 0 Å². The molecule has 0 saturated carbocycles. The topological polar surface area (TPSA) is 21.3 Å². The molecule has 102 valence electrons. The van der Waals surface area contributed by atoms with Crippen molar-refractivity contribution in [2.45, 2.75) is 53.2 Å². The van der Waals surface area contributed by atoms with Gasteiger partial charge in [0, 0.05) is 12.1 Å². The molecular formula is C16H27NO. The first-order valence-electron chi connectivity index (χ1n) is 7.12. The molecule has 1 aromatic carbocycles. The van der Waals surface area contributed by atoms with Gasteiger partial charge in [0.25, 0.3) is 0 Å². The van der Waals surface area contributed by atoms with E-state index >= 15 is 0 Å². The minimum absolute atomic E-state index is 0.227. The highest BCUT2D eigenvalue weighted by molar-refractivity contribution is 5.33. The zero-order valence-electron chi connectivity index (χ0n) is 12.2. The number of hydrogen-bond donors (Lipinski definition) is 1. The Bertz CT molecular complexity index is 332. The molecule has 1 aromatic rings. The van der Waals surface area contributed by atoms with E-state index in [1.807, 2.05) is 12.1 Å². The molecule has 0 amide bonds. The number of benzene rings is 1. The van der Waals surface area contributed by atoms with Crippen molar-refractivity contribution in [2.75, 3.05) is 6.54 Å². The first kappa shape index (κ1) is 15.0. The maximum absolute atomic E-state index is 5.82. The molecule has 0 unspecified atom stereocenters. The molecule has 0 aromatic heterocycles. The summed E-state index contributed by atoms with van der Waals surface area (Å²) in [5.41, 5.74) is 1.25. The molecular weight excluding hydrogens is 222 g/mol. The van der Waals surface area contributed by atoms with Crippen LogP contribution in [0.15, 0.2) is 24.3 Å². The lowest BCUT2D eigenvalue weighted by atomic mass is 10.0. The van der Waals surface area contributed by atoms with Crippen molar-refractivity contribution < 1.29 is 4.74 Å². The Balaban J connectivity index is 2.50. The lowest BCUT2D eigenvalue weighted by Crippen LogP contribution is -2.22. The predicted octanol–water partition coefficient (Wildman–Crippen LogP) is 4.00. The molecule has 1 N–H and O–H groups in total. The van der Waals surface area contributed by atoms with E-state index in [1.54, 1.807) is 0 Å². The van der Waals surface area contributed by atoms with Gasteiger partial charge < -0.3 is 10.1 Å². The van der Waals surface area contributed by atoms with Crippen LogP contribution < -0.4 is 10.1 Å². The Hall–Kier alpha value is -1.02. The van der Waals surface area contributed by atoms with Gasteiger partial charge in [0.05, 0.1) is 6.10 Å². The Morgan fingerprint density at radius 2 is 1.78 bits per heavy atom. The summed E-state index contributed by atoms with van der Waals surface area (Å²) in [7, 11) is 0. The van der Waals surface area contributed by atoms with E-state index in [0.29, 0.717) is 0 Å². The number of rotatable bonds is 8. The van der Waals surface area contributed by atoms with Gasteiger partial charge in [-0.05, 0) is 32.4 Å². The van der Waals surface area contributed by atoms with Gasteiger partial charge in [-0.2, -0.15) is 0 Å². The third-order valence-corrected chi connectivity index (χ3v) is 3.24. The van der Waals surface area contributed by atoms with Crippen molar-refractivity contribution in [2.24, 2.45) is 5.92 Å². The molecule has 0 saturated heterocycles. The van der Waals surface area contributed by atoms with Crippen LogP contribution in [0.2, 0.25) is 0 Å². The van der Waals surface area contributed by atoms with Gasteiger partial charge in [0.15, 0.2) is 0 Å². The number of ether oxygens (including phenoxy) is 1. The second kappa shape index (κ2) is 8.15. The van der Waals surface area contributed by atoms with Gasteiger partial charge in [-0.1, -0.05) is 44.9 Å². The summed E-state index contributed by atoms with van der Waals surface area (Å²) >= 11 is 0. The van der Waals surface area contributed by atoms with Crippen LogP contribution in [0.25, 0.3) is 0 Å². The quantitative estimate of drug-likeness (QED) is 0.752. The number of para-hydroxylation sites is 1. The minimum atomic E-state index is 0.227. The van der Waals surface area contributed by atoms with Gasteiger partial charge in [-0.25, -0.2) is 0 Å². The Kier molecular flexibility index (Phi) is 6.81. The van der Waals surface area contributed by atoms with Gasteiger partial charge in [0.2, 0.25) is 0 Å². The Morgan fingerprint density at radius 1 is 1.11 bits per heavy atom. The van der Waals surface area contributed by atoms with Crippen LogP contribution in [0.4, 0.5) is 0 Å². The second-order valence-electron chi connectivity index (χ2n) is 5.09. The summed E-state index contributed by atoms with van der Waals surface area (Å²) in [6.07, 6.45) is 2.71. The molecule has 0 aliphatic rings. The highest BCUT2D eigenvalue weighted by atomic mass is 16.5. The van der Waals surface area contributed by atoms with E-state index in [0.717, 1.165) is 24.8 Å². The molecule has 0 atom stereocenters. The molecule has 0 aliphatic carbocycles. The highest BCUT2D eigenvalue weighted by Crippen LogP contribution is 2.19. The smallest absolute Gasteiger partial charge is 0.124 e. The molecule has 0 fully saturated rings. The van der Waals surface area contributed by atoms with Crippen LogP contribution >= 0.6 is 0 Å². The predicted molar refractivity (Wildman–Crippen MR) is 78.0 cm³/mol. The summed E-state index contributed by atoms with van der Waals surface area (Å²) in [6.45, 7) is 10.6. The average Bonchev–Trinajstić information content (AvgIpc) is 2.36. The van der Waals surface area contributed by atoms with Crippen molar-refractivity contribution in [3.63, 3.8) is 0 Å². The van der Waals surface area contributed by atoms with Crippen molar-refractivity contribution in [1.82, 2.24) is 5.32 Å². The first-order chi connectivity index (χ1) is 8.67. The lowest BCUT2D eigenvalue weighted by Gasteiger charge is -2.16. The zero-order valence-corrected chi connectivity index (χ0v) is 12.2. The van der Waals surface area contributed by atoms with E-state index in [-0.39, 0.29) is 6.10 Å². The fraction of sp³-hybridized carbons (Fsp3) is 0.625. The van der Waals surface area contributed by atoms with Gasteiger partial charge >= 0.3 is 0 Å². The largest absolute Gasteiger partial charge is 0.491 e. The van der Waals surface area contributed by atoms with Crippen LogP contribution in [0, 0.1) is 5.92 Å². The van der Waals surface area contributed by atoms with Gasteiger partial charge in [-0.15, -0.1) is 0 Å². The van der Waals surface area contributed by atoms with E-state index in [9.17, 15) is 0 Å². The molecule has 0 heterocycles. The van der Waals surface area contributed by atoms with E-state index in [1.165, 1.54) is 18.4 Å². The first-order valence-corrected chi connectivity index (χ1v) is 7.12. The zero-order chi connectivity index (χ0) is 13.4. The van der Waals surface area contributed by atoms with Gasteiger partial charge in [0.1, 0.15) is 5.75 Å².